The molecule has 6 nitrogen and oxygen atoms in total. The van der Waals surface area contributed by atoms with Crippen molar-refractivity contribution in [3.63, 3.8) is 0 Å². The number of carboxylic acid groups (broad SMARTS) is 1. The zero-order chi connectivity index (χ0) is 19.6. The minimum absolute atomic E-state index is 0.478. The Kier molecular flexibility index (Phi) is 5.86. The molecule has 7 heteroatoms. The summed E-state index contributed by atoms with van der Waals surface area (Å²) in [5.74, 6) is -1.60. The number of halogens is 1. The fourth-order valence-electron chi connectivity index (χ4n) is 2.94. The minimum atomic E-state index is -1.13. The summed E-state index contributed by atoms with van der Waals surface area (Å²) in [5.41, 5.74) is 1.08. The number of carbonyl (C=O) groups excluding carboxylic acids is 1. The maximum Gasteiger partial charge on any atom is 0.408 e. The van der Waals surface area contributed by atoms with E-state index in [1.54, 1.807) is 33.8 Å². The molecule has 1 aromatic heterocycles. The summed E-state index contributed by atoms with van der Waals surface area (Å²) in [7, 11) is 0. The summed E-state index contributed by atoms with van der Waals surface area (Å²) in [6.45, 7) is 9.69. The Bertz CT molecular complexity index is 823. The Morgan fingerprint density at radius 2 is 2.00 bits per heavy atom. The number of fused-ring (bicyclic) bond motifs is 1. The summed E-state index contributed by atoms with van der Waals surface area (Å²) < 4.78 is 7.23. The average molecular weight is 381 g/mol. The Labute approximate surface area is 158 Å². The van der Waals surface area contributed by atoms with Crippen LogP contribution in [0.2, 0.25) is 5.02 Å². The first-order valence-electron chi connectivity index (χ1n) is 8.54. The van der Waals surface area contributed by atoms with Gasteiger partial charge in [0.1, 0.15) is 11.6 Å². The molecule has 26 heavy (non-hydrogen) atoms. The van der Waals surface area contributed by atoms with Gasteiger partial charge in [0.2, 0.25) is 0 Å². The first-order chi connectivity index (χ1) is 12.0. The molecular weight excluding hydrogens is 356 g/mol. The van der Waals surface area contributed by atoms with Gasteiger partial charge in [-0.2, -0.15) is 0 Å². The number of aryl methyl sites for hydroxylation is 1. The van der Waals surface area contributed by atoms with Gasteiger partial charge in [-0.15, -0.1) is 0 Å². The molecule has 0 aliphatic carbocycles. The van der Waals surface area contributed by atoms with Gasteiger partial charge in [-0.1, -0.05) is 18.5 Å². The quantitative estimate of drug-likeness (QED) is 0.805. The lowest BCUT2D eigenvalue weighted by molar-refractivity contribution is -0.140. The van der Waals surface area contributed by atoms with E-state index in [9.17, 15) is 14.7 Å². The molecule has 0 saturated heterocycles. The third-order valence-electron chi connectivity index (χ3n) is 4.14. The van der Waals surface area contributed by atoms with Crippen LogP contribution in [0.1, 0.15) is 46.1 Å². The molecule has 0 aliphatic heterocycles. The third-order valence-corrected chi connectivity index (χ3v) is 4.38. The van der Waals surface area contributed by atoms with Crippen molar-refractivity contribution in [1.29, 1.82) is 0 Å². The standard InChI is InChI=1S/C19H25ClN2O4/c1-6-22-10-14(13-9-12(20)7-8-15(13)22)11(2)16(17(23)24)21-18(25)26-19(3,4)5/h7-11,16H,6H2,1-5H3,(H,21,25)(H,23,24)/t11-,16-/m1/s1. The second-order valence-electron chi connectivity index (χ2n) is 7.28. The molecule has 0 saturated carbocycles. The Morgan fingerprint density at radius 3 is 2.54 bits per heavy atom. The van der Waals surface area contributed by atoms with Gasteiger partial charge in [-0.25, -0.2) is 9.59 Å². The number of carboxylic acids is 1. The average Bonchev–Trinajstić information content (AvgIpc) is 2.87. The lowest BCUT2D eigenvalue weighted by Gasteiger charge is -2.25. The van der Waals surface area contributed by atoms with Gasteiger partial charge in [-0.3, -0.25) is 0 Å². The molecule has 0 radical (unpaired) electrons. The highest BCUT2D eigenvalue weighted by atomic mass is 35.5. The highest BCUT2D eigenvalue weighted by Crippen LogP contribution is 2.32. The smallest absolute Gasteiger partial charge is 0.408 e. The number of amides is 1. The van der Waals surface area contributed by atoms with Crippen molar-refractivity contribution in [2.24, 2.45) is 0 Å². The predicted octanol–water partition coefficient (Wildman–Crippen LogP) is 4.40. The van der Waals surface area contributed by atoms with Gasteiger partial charge < -0.3 is 19.7 Å². The molecule has 142 valence electrons. The minimum Gasteiger partial charge on any atom is -0.480 e. The Balaban J connectivity index is 2.39. The molecule has 0 aliphatic rings. The molecule has 0 fully saturated rings. The number of aromatic nitrogens is 1. The lowest BCUT2D eigenvalue weighted by atomic mass is 9.93. The van der Waals surface area contributed by atoms with Crippen LogP contribution < -0.4 is 5.32 Å². The molecule has 1 aromatic carbocycles. The van der Waals surface area contributed by atoms with E-state index in [0.717, 1.165) is 23.0 Å². The second kappa shape index (κ2) is 7.58. The highest BCUT2D eigenvalue weighted by molar-refractivity contribution is 6.31. The highest BCUT2D eigenvalue weighted by Gasteiger charge is 2.31. The van der Waals surface area contributed by atoms with E-state index < -0.39 is 29.6 Å². The normalized spacial score (nSPS) is 14.1. The molecule has 0 spiro atoms. The molecule has 2 atom stereocenters. The van der Waals surface area contributed by atoms with Gasteiger partial charge in [-0.05, 0) is 51.5 Å². The van der Waals surface area contributed by atoms with Crippen LogP contribution in [-0.2, 0) is 16.1 Å². The number of aliphatic carboxylic acids is 1. The number of nitrogens with one attached hydrogen (secondary N) is 1. The molecule has 1 heterocycles. The second-order valence-corrected chi connectivity index (χ2v) is 7.72. The first-order valence-corrected chi connectivity index (χ1v) is 8.92. The van der Waals surface area contributed by atoms with Crippen molar-refractivity contribution in [3.05, 3.63) is 35.0 Å². The maximum absolute atomic E-state index is 12.1. The van der Waals surface area contributed by atoms with Gasteiger partial charge in [0.15, 0.2) is 0 Å². The van der Waals surface area contributed by atoms with Gasteiger partial charge in [0.05, 0.1) is 0 Å². The third kappa shape index (κ3) is 4.49. The summed E-state index contributed by atoms with van der Waals surface area (Å²) in [6.07, 6.45) is 1.16. The van der Waals surface area contributed by atoms with E-state index in [0.29, 0.717) is 5.02 Å². The summed E-state index contributed by atoms with van der Waals surface area (Å²) in [6, 6.07) is 4.41. The Hall–Kier alpha value is -2.21. The van der Waals surface area contributed by atoms with E-state index in [2.05, 4.69) is 5.32 Å². The number of nitrogens with zero attached hydrogens (tertiary/aromatic N) is 1. The fourth-order valence-corrected chi connectivity index (χ4v) is 3.11. The van der Waals surface area contributed by atoms with Gasteiger partial charge in [0, 0.05) is 34.6 Å². The molecule has 0 unspecified atom stereocenters. The number of carbonyl (C=O) groups is 2. The van der Waals surface area contributed by atoms with Crippen LogP contribution in [0.4, 0.5) is 4.79 Å². The maximum atomic E-state index is 12.1. The van der Waals surface area contributed by atoms with E-state index in [-0.39, 0.29) is 0 Å². The predicted molar refractivity (Wildman–Crippen MR) is 102 cm³/mol. The van der Waals surface area contributed by atoms with E-state index >= 15 is 0 Å². The first kappa shape index (κ1) is 20.1. The van der Waals surface area contributed by atoms with E-state index in [1.165, 1.54) is 0 Å². The monoisotopic (exact) mass is 380 g/mol. The lowest BCUT2D eigenvalue weighted by Crippen LogP contribution is -2.46. The number of alkyl carbamates (subject to hydrolysis) is 1. The van der Waals surface area contributed by atoms with Crippen LogP contribution in [0.25, 0.3) is 10.9 Å². The van der Waals surface area contributed by atoms with Crippen molar-refractivity contribution in [1.82, 2.24) is 9.88 Å². The van der Waals surface area contributed by atoms with Crippen LogP contribution in [0.5, 0.6) is 0 Å². The van der Waals surface area contributed by atoms with Gasteiger partial charge >= 0.3 is 12.1 Å². The fraction of sp³-hybridized carbons (Fsp3) is 0.474. The van der Waals surface area contributed by atoms with Crippen LogP contribution >= 0.6 is 11.6 Å². The van der Waals surface area contributed by atoms with Crippen molar-refractivity contribution in [2.45, 2.75) is 58.7 Å². The SMILES string of the molecule is CCn1cc([C@@H](C)[C@@H](NC(=O)OC(C)(C)C)C(=O)O)c2cc(Cl)ccc21. The number of benzene rings is 1. The number of rotatable bonds is 5. The van der Waals surface area contributed by atoms with Crippen LogP contribution in [0, 0.1) is 0 Å². The summed E-state index contributed by atoms with van der Waals surface area (Å²) in [4.78, 5) is 23.9. The van der Waals surface area contributed by atoms with Crippen molar-refractivity contribution >= 4 is 34.6 Å². The van der Waals surface area contributed by atoms with Crippen molar-refractivity contribution < 1.29 is 19.4 Å². The zero-order valence-corrected chi connectivity index (χ0v) is 16.4. The number of hydrogen-bond donors (Lipinski definition) is 2. The number of ether oxygens (including phenoxy) is 1. The van der Waals surface area contributed by atoms with Crippen molar-refractivity contribution in [2.75, 3.05) is 0 Å². The topological polar surface area (TPSA) is 80.6 Å². The number of hydrogen-bond acceptors (Lipinski definition) is 3. The molecule has 2 N–H and O–H groups in total. The zero-order valence-electron chi connectivity index (χ0n) is 15.7. The van der Waals surface area contributed by atoms with E-state index in [1.807, 2.05) is 29.8 Å². The van der Waals surface area contributed by atoms with Gasteiger partial charge in [0.25, 0.3) is 0 Å². The summed E-state index contributed by atoms with van der Waals surface area (Å²) in [5, 5.41) is 13.6. The molecule has 1 amide bonds. The largest absolute Gasteiger partial charge is 0.480 e. The molecule has 0 bridgehead atoms. The Morgan fingerprint density at radius 1 is 1.35 bits per heavy atom. The van der Waals surface area contributed by atoms with Crippen LogP contribution in [-0.4, -0.2) is 33.4 Å². The van der Waals surface area contributed by atoms with Crippen molar-refractivity contribution in [3.8, 4) is 0 Å². The molecule has 2 aromatic rings. The summed E-state index contributed by atoms with van der Waals surface area (Å²) >= 11 is 6.13. The van der Waals surface area contributed by atoms with Crippen LogP contribution in [0.15, 0.2) is 24.4 Å². The van der Waals surface area contributed by atoms with E-state index in [4.69, 9.17) is 16.3 Å². The molecule has 2 rings (SSSR count). The molecular formula is C19H25ClN2O4. The van der Waals surface area contributed by atoms with Crippen LogP contribution in [0.3, 0.4) is 0 Å².